The molecule has 4 rings (SSSR count). The molecule has 0 N–H and O–H groups in total. The highest BCUT2D eigenvalue weighted by atomic mass is 28.4. The topological polar surface area (TPSA) is 54.5 Å². The lowest BCUT2D eigenvalue weighted by Gasteiger charge is -2.47. The molecule has 8 heteroatoms. The molecule has 0 spiro atoms. The molecule has 2 aliphatic heterocycles. The van der Waals surface area contributed by atoms with Gasteiger partial charge >= 0.3 is 0 Å². The normalized spacial score (nSPS) is 21.9. The van der Waals surface area contributed by atoms with Crippen LogP contribution in [0.5, 0.6) is 5.75 Å². The van der Waals surface area contributed by atoms with Crippen LogP contribution in [0.15, 0.2) is 61.2 Å². The molecule has 7 nitrogen and oxygen atoms in total. The maximum atomic E-state index is 13.6. The summed E-state index contributed by atoms with van der Waals surface area (Å²) in [5.74, 6) is 0.906. The molecule has 0 aromatic heterocycles. The summed E-state index contributed by atoms with van der Waals surface area (Å²) in [5, 5.41) is 0. The number of carbonyl (C=O) groups is 1. The summed E-state index contributed by atoms with van der Waals surface area (Å²) in [7, 11) is -1.68. The zero-order valence-corrected chi connectivity index (χ0v) is 30.4. The van der Waals surface area contributed by atoms with E-state index in [4.69, 9.17) is 13.9 Å². The Balaban J connectivity index is 1.57. The van der Waals surface area contributed by atoms with Crippen LogP contribution in [-0.2, 0) is 9.16 Å². The van der Waals surface area contributed by atoms with Gasteiger partial charge in [0.1, 0.15) is 5.75 Å². The molecular weight excluding hydrogens is 591 g/mol. The second kappa shape index (κ2) is 17.6. The first kappa shape index (κ1) is 36.3. The molecule has 2 aromatic carbocycles. The van der Waals surface area contributed by atoms with Crippen molar-refractivity contribution < 1.29 is 18.7 Å². The number of carbonyl (C=O) groups excluding carboxylic acids is 1. The number of rotatable bonds is 16. The van der Waals surface area contributed by atoms with Gasteiger partial charge in [0.15, 0.2) is 14.6 Å². The van der Waals surface area contributed by atoms with E-state index in [0.29, 0.717) is 31.8 Å². The third-order valence-electron chi connectivity index (χ3n) is 10.3. The van der Waals surface area contributed by atoms with E-state index in [-0.39, 0.29) is 18.2 Å². The Morgan fingerprint density at radius 3 is 2.39 bits per heavy atom. The van der Waals surface area contributed by atoms with Crippen LogP contribution in [0.4, 0.5) is 0 Å². The SMILES string of the molecule is C=CCN1C[C@H](C)N([C@H](c2ccc(C(=O)N(CC)CCO[Si](CC)(CC)CC)cc2)c2cccc(OC3CCCCO3)c2)C[C@H]1C. The van der Waals surface area contributed by atoms with Crippen LogP contribution >= 0.6 is 0 Å². The number of likely N-dealkylation sites (N-methyl/N-ethyl adjacent to an activating group) is 1. The Morgan fingerprint density at radius 1 is 1.02 bits per heavy atom. The number of nitrogens with zero attached hydrogens (tertiary/aromatic N) is 3. The molecule has 0 bridgehead atoms. The molecule has 1 unspecified atom stereocenters. The second-order valence-corrected chi connectivity index (χ2v) is 17.9. The quantitative estimate of drug-likeness (QED) is 0.137. The van der Waals surface area contributed by atoms with Gasteiger partial charge in [0.05, 0.1) is 19.3 Å². The lowest BCUT2D eigenvalue weighted by molar-refractivity contribution is -0.105. The molecule has 4 atom stereocenters. The van der Waals surface area contributed by atoms with Crippen LogP contribution in [0.1, 0.15) is 88.3 Å². The van der Waals surface area contributed by atoms with E-state index < -0.39 is 8.32 Å². The number of ether oxygens (including phenoxy) is 2. The van der Waals surface area contributed by atoms with Gasteiger partial charge in [0.2, 0.25) is 0 Å². The van der Waals surface area contributed by atoms with Gasteiger partial charge in [-0.1, -0.05) is 51.1 Å². The molecule has 2 aromatic rings. The van der Waals surface area contributed by atoms with Crippen molar-refractivity contribution in [2.24, 2.45) is 0 Å². The molecule has 2 heterocycles. The van der Waals surface area contributed by atoms with Gasteiger partial charge in [-0.25, -0.2) is 0 Å². The molecule has 2 saturated heterocycles. The predicted molar refractivity (Wildman–Crippen MR) is 191 cm³/mol. The number of hydrogen-bond donors (Lipinski definition) is 0. The average Bonchev–Trinajstić information content (AvgIpc) is 3.08. The smallest absolute Gasteiger partial charge is 0.253 e. The minimum absolute atomic E-state index is 0.0224. The Labute approximate surface area is 280 Å². The van der Waals surface area contributed by atoms with Crippen LogP contribution < -0.4 is 4.74 Å². The van der Waals surface area contributed by atoms with Crippen molar-refractivity contribution in [1.82, 2.24) is 14.7 Å². The molecule has 1 amide bonds. The Kier molecular flexibility index (Phi) is 13.9. The first-order valence-corrected chi connectivity index (χ1v) is 20.3. The highest BCUT2D eigenvalue weighted by molar-refractivity contribution is 6.73. The maximum absolute atomic E-state index is 13.6. The highest BCUT2D eigenvalue weighted by Gasteiger charge is 2.35. The zero-order valence-electron chi connectivity index (χ0n) is 29.4. The van der Waals surface area contributed by atoms with Crippen molar-refractivity contribution >= 4 is 14.2 Å². The predicted octanol–water partition coefficient (Wildman–Crippen LogP) is 7.75. The van der Waals surface area contributed by atoms with Crippen molar-refractivity contribution in [1.29, 1.82) is 0 Å². The number of piperazine rings is 1. The van der Waals surface area contributed by atoms with E-state index in [1.54, 1.807) is 0 Å². The first-order chi connectivity index (χ1) is 22.3. The average molecular weight is 650 g/mol. The minimum atomic E-state index is -1.68. The molecule has 0 aliphatic carbocycles. The molecule has 0 radical (unpaired) electrons. The Bertz CT molecular complexity index is 1220. The third kappa shape index (κ3) is 9.10. The van der Waals surface area contributed by atoms with Crippen molar-refractivity contribution in [3.63, 3.8) is 0 Å². The van der Waals surface area contributed by atoms with Crippen LogP contribution in [0.25, 0.3) is 0 Å². The van der Waals surface area contributed by atoms with E-state index in [1.807, 2.05) is 29.2 Å². The van der Waals surface area contributed by atoms with Crippen molar-refractivity contribution in [2.45, 2.75) is 103 Å². The van der Waals surface area contributed by atoms with E-state index in [2.05, 4.69) is 88.3 Å². The minimum Gasteiger partial charge on any atom is -0.465 e. The molecule has 2 aliphatic rings. The molecule has 0 saturated carbocycles. The fourth-order valence-electron chi connectivity index (χ4n) is 7.12. The summed E-state index contributed by atoms with van der Waals surface area (Å²) in [6, 6.07) is 20.9. The number of hydrogen-bond acceptors (Lipinski definition) is 6. The standard InChI is InChI=1S/C38H59N3O4Si/c1-8-23-40-28-31(7)41(29-30(40)6)37(34-16-15-17-35(27-34)45-36-18-13-14-25-43-36)32-19-21-33(22-20-32)38(42)39(9-2)24-26-44-46(10-3,11-4)12-5/h8,15-17,19-22,27,30-31,36-37H,1,9-14,18,23-26,28-29H2,2-7H3/t30-,31+,36?,37-/m1/s1. The summed E-state index contributed by atoms with van der Waals surface area (Å²) in [6.45, 7) is 22.8. The summed E-state index contributed by atoms with van der Waals surface area (Å²) in [4.78, 5) is 20.7. The van der Waals surface area contributed by atoms with Gasteiger partial charge in [-0.15, -0.1) is 6.58 Å². The van der Waals surface area contributed by atoms with Gasteiger partial charge < -0.3 is 18.8 Å². The van der Waals surface area contributed by atoms with E-state index in [0.717, 1.165) is 74.9 Å². The van der Waals surface area contributed by atoms with E-state index >= 15 is 0 Å². The lowest BCUT2D eigenvalue weighted by Crippen LogP contribution is -2.57. The monoisotopic (exact) mass is 649 g/mol. The largest absolute Gasteiger partial charge is 0.465 e. The van der Waals surface area contributed by atoms with Crippen molar-refractivity contribution in [3.8, 4) is 5.75 Å². The van der Waals surface area contributed by atoms with Gasteiger partial charge in [-0.3, -0.25) is 14.6 Å². The Hall–Kier alpha value is -2.49. The fraction of sp³-hybridized carbons (Fsp3) is 0.605. The van der Waals surface area contributed by atoms with Crippen LogP contribution in [0, 0.1) is 0 Å². The highest BCUT2D eigenvalue weighted by Crippen LogP contribution is 2.35. The number of amides is 1. The van der Waals surface area contributed by atoms with Crippen LogP contribution in [0.3, 0.4) is 0 Å². The summed E-state index contributed by atoms with van der Waals surface area (Å²) >= 11 is 0. The van der Waals surface area contributed by atoms with Gasteiger partial charge in [-0.05, 0) is 87.1 Å². The maximum Gasteiger partial charge on any atom is 0.253 e. The summed E-state index contributed by atoms with van der Waals surface area (Å²) < 4.78 is 18.7. The summed E-state index contributed by atoms with van der Waals surface area (Å²) in [5.41, 5.74) is 3.08. The van der Waals surface area contributed by atoms with Crippen LogP contribution in [-0.4, -0.2) is 93.2 Å². The second-order valence-electron chi connectivity index (χ2n) is 13.1. The summed E-state index contributed by atoms with van der Waals surface area (Å²) in [6.07, 6.45) is 4.95. The molecule has 254 valence electrons. The zero-order chi connectivity index (χ0) is 33.1. The number of benzene rings is 2. The lowest BCUT2D eigenvalue weighted by atomic mass is 9.92. The van der Waals surface area contributed by atoms with Crippen molar-refractivity contribution in [2.75, 3.05) is 45.9 Å². The van der Waals surface area contributed by atoms with Gasteiger partial charge in [-0.2, -0.15) is 0 Å². The fourth-order valence-corrected chi connectivity index (χ4v) is 9.75. The molecule has 46 heavy (non-hydrogen) atoms. The van der Waals surface area contributed by atoms with Gasteiger partial charge in [0.25, 0.3) is 5.91 Å². The Morgan fingerprint density at radius 2 is 1.76 bits per heavy atom. The first-order valence-electron chi connectivity index (χ1n) is 17.8. The van der Waals surface area contributed by atoms with Crippen molar-refractivity contribution in [3.05, 3.63) is 77.9 Å². The molecular formula is C38H59N3O4Si. The third-order valence-corrected chi connectivity index (χ3v) is 15.0. The molecule has 2 fully saturated rings. The van der Waals surface area contributed by atoms with E-state index in [1.165, 1.54) is 11.1 Å². The van der Waals surface area contributed by atoms with Gasteiger partial charge in [0, 0.05) is 56.8 Å². The van der Waals surface area contributed by atoms with Crippen LogP contribution in [0.2, 0.25) is 18.1 Å². The van der Waals surface area contributed by atoms with E-state index in [9.17, 15) is 4.79 Å².